The highest BCUT2D eigenvalue weighted by Crippen LogP contribution is 2.20. The van der Waals surface area contributed by atoms with E-state index in [1.165, 1.54) is 0 Å². The van der Waals surface area contributed by atoms with E-state index < -0.39 is 0 Å². The predicted octanol–water partition coefficient (Wildman–Crippen LogP) is 1.03. The lowest BCUT2D eigenvalue weighted by atomic mass is 9.87. The van der Waals surface area contributed by atoms with Gasteiger partial charge in [0.2, 0.25) is 11.8 Å². The molecule has 0 spiro atoms. The number of hydrogen-bond acceptors (Lipinski definition) is 3. The van der Waals surface area contributed by atoms with E-state index in [0.717, 1.165) is 6.42 Å². The molecule has 0 aliphatic carbocycles. The maximum atomic E-state index is 11.6. The van der Waals surface area contributed by atoms with E-state index in [2.05, 4.69) is 31.4 Å². The van der Waals surface area contributed by atoms with Crippen LogP contribution in [-0.4, -0.2) is 30.9 Å². The van der Waals surface area contributed by atoms with Crippen molar-refractivity contribution in [2.45, 2.75) is 53.5 Å². The van der Waals surface area contributed by atoms with Gasteiger partial charge < -0.3 is 16.4 Å². The molecule has 19 heavy (non-hydrogen) atoms. The molecule has 0 aromatic rings. The van der Waals surface area contributed by atoms with Crippen molar-refractivity contribution in [1.82, 2.24) is 10.6 Å². The lowest BCUT2D eigenvalue weighted by Gasteiger charge is -2.22. The number of carbonyl (C=O) groups excluding carboxylic acids is 2. The molecule has 1 unspecified atom stereocenters. The van der Waals surface area contributed by atoms with Crippen LogP contribution >= 0.6 is 0 Å². The molecule has 0 rings (SSSR count). The molecule has 0 heterocycles. The summed E-state index contributed by atoms with van der Waals surface area (Å²) in [5, 5.41) is 5.50. The standard InChI is InChI=1S/C14H29N3O2/c1-10(2)13(19)17-7-6-16-12(18)8-11(15)9-14(3,4)5/h10-11H,6-9,15H2,1-5H3,(H,16,18)(H,17,19). The molecule has 0 saturated carbocycles. The Morgan fingerprint density at radius 2 is 1.63 bits per heavy atom. The quantitative estimate of drug-likeness (QED) is 0.605. The van der Waals surface area contributed by atoms with Gasteiger partial charge in [0.1, 0.15) is 0 Å². The minimum absolute atomic E-state index is 0.00122. The van der Waals surface area contributed by atoms with Crippen LogP contribution in [0.5, 0.6) is 0 Å². The number of carbonyl (C=O) groups is 2. The summed E-state index contributed by atoms with van der Waals surface area (Å²) in [6.07, 6.45) is 1.14. The van der Waals surface area contributed by atoms with Crippen molar-refractivity contribution in [3.63, 3.8) is 0 Å². The molecule has 0 radical (unpaired) electrons. The van der Waals surface area contributed by atoms with Crippen molar-refractivity contribution >= 4 is 11.8 Å². The highest BCUT2D eigenvalue weighted by atomic mass is 16.2. The molecule has 0 aliphatic heterocycles. The average Bonchev–Trinajstić information content (AvgIpc) is 2.20. The van der Waals surface area contributed by atoms with Crippen molar-refractivity contribution < 1.29 is 9.59 Å². The maximum Gasteiger partial charge on any atom is 0.222 e. The molecular weight excluding hydrogens is 242 g/mol. The van der Waals surface area contributed by atoms with Crippen LogP contribution in [0, 0.1) is 11.3 Å². The first-order valence-electron chi connectivity index (χ1n) is 6.92. The molecular formula is C14H29N3O2. The molecule has 0 fully saturated rings. The molecule has 0 bridgehead atoms. The minimum atomic E-state index is -0.120. The van der Waals surface area contributed by atoms with Crippen LogP contribution in [0.15, 0.2) is 0 Å². The van der Waals surface area contributed by atoms with Gasteiger partial charge in [-0.2, -0.15) is 0 Å². The Bertz CT molecular complexity index is 296. The average molecular weight is 271 g/mol. The first-order chi connectivity index (χ1) is 8.61. The second-order valence-corrected chi connectivity index (χ2v) is 6.52. The Kier molecular flexibility index (Phi) is 7.68. The van der Waals surface area contributed by atoms with Crippen LogP contribution < -0.4 is 16.4 Å². The first-order valence-corrected chi connectivity index (χ1v) is 6.92. The monoisotopic (exact) mass is 271 g/mol. The Labute approximate surface area is 116 Å². The molecule has 4 N–H and O–H groups in total. The highest BCUT2D eigenvalue weighted by molar-refractivity contribution is 5.78. The van der Waals surface area contributed by atoms with Crippen LogP contribution in [0.1, 0.15) is 47.5 Å². The molecule has 0 aromatic carbocycles. The van der Waals surface area contributed by atoms with Gasteiger partial charge in [0, 0.05) is 31.5 Å². The first kappa shape index (κ1) is 17.9. The fourth-order valence-corrected chi connectivity index (χ4v) is 1.76. The van der Waals surface area contributed by atoms with Crippen LogP contribution in [0.4, 0.5) is 0 Å². The van der Waals surface area contributed by atoms with Crippen LogP contribution in [0.3, 0.4) is 0 Å². The Morgan fingerprint density at radius 1 is 1.11 bits per heavy atom. The zero-order valence-corrected chi connectivity index (χ0v) is 12.9. The second-order valence-electron chi connectivity index (χ2n) is 6.52. The minimum Gasteiger partial charge on any atom is -0.354 e. The molecule has 0 aliphatic rings. The number of amides is 2. The van der Waals surface area contributed by atoms with Crippen LogP contribution in [-0.2, 0) is 9.59 Å². The summed E-state index contributed by atoms with van der Waals surface area (Å²) in [6, 6.07) is -0.120. The zero-order chi connectivity index (χ0) is 15.1. The Morgan fingerprint density at radius 3 is 2.11 bits per heavy atom. The van der Waals surface area contributed by atoms with E-state index in [1.54, 1.807) is 0 Å². The fourth-order valence-electron chi connectivity index (χ4n) is 1.76. The number of nitrogens with two attached hydrogens (primary N) is 1. The van der Waals surface area contributed by atoms with Crippen molar-refractivity contribution in [2.24, 2.45) is 17.1 Å². The lowest BCUT2D eigenvalue weighted by molar-refractivity contribution is -0.124. The summed E-state index contributed by atoms with van der Waals surface area (Å²) in [5.41, 5.74) is 6.05. The van der Waals surface area contributed by atoms with Crippen LogP contribution in [0.2, 0.25) is 0 Å². The van der Waals surface area contributed by atoms with Gasteiger partial charge in [-0.1, -0.05) is 34.6 Å². The normalized spacial score (nSPS) is 13.2. The SMILES string of the molecule is CC(C)C(=O)NCCNC(=O)CC(N)CC(C)(C)C. The van der Waals surface area contributed by atoms with E-state index in [4.69, 9.17) is 5.73 Å². The summed E-state index contributed by atoms with van der Waals surface area (Å²) in [6.45, 7) is 10.9. The largest absolute Gasteiger partial charge is 0.354 e. The van der Waals surface area contributed by atoms with Gasteiger partial charge in [-0.15, -0.1) is 0 Å². The van der Waals surface area contributed by atoms with Gasteiger partial charge in [0.15, 0.2) is 0 Å². The Hall–Kier alpha value is -1.10. The van der Waals surface area contributed by atoms with E-state index in [-0.39, 0.29) is 29.2 Å². The zero-order valence-electron chi connectivity index (χ0n) is 12.9. The molecule has 0 saturated heterocycles. The lowest BCUT2D eigenvalue weighted by Crippen LogP contribution is -2.39. The third-order valence-corrected chi connectivity index (χ3v) is 2.59. The summed E-state index contributed by atoms with van der Waals surface area (Å²) in [5.74, 6) is -0.0925. The number of rotatable bonds is 7. The van der Waals surface area contributed by atoms with Crippen LogP contribution in [0.25, 0.3) is 0 Å². The number of nitrogens with one attached hydrogen (secondary N) is 2. The molecule has 0 aromatic heterocycles. The van der Waals surface area contributed by atoms with Gasteiger partial charge in [-0.25, -0.2) is 0 Å². The third-order valence-electron chi connectivity index (χ3n) is 2.59. The Balaban J connectivity index is 3.73. The highest BCUT2D eigenvalue weighted by Gasteiger charge is 2.17. The van der Waals surface area contributed by atoms with Crippen molar-refractivity contribution in [2.75, 3.05) is 13.1 Å². The van der Waals surface area contributed by atoms with E-state index in [1.807, 2.05) is 13.8 Å². The summed E-state index contributed by atoms with van der Waals surface area (Å²) in [7, 11) is 0. The molecule has 5 heteroatoms. The van der Waals surface area contributed by atoms with Gasteiger partial charge in [0.25, 0.3) is 0 Å². The molecule has 1 atom stereocenters. The summed E-state index contributed by atoms with van der Waals surface area (Å²) < 4.78 is 0. The van der Waals surface area contributed by atoms with Crippen molar-refractivity contribution in [1.29, 1.82) is 0 Å². The predicted molar refractivity (Wildman–Crippen MR) is 77.5 cm³/mol. The van der Waals surface area contributed by atoms with Gasteiger partial charge in [-0.3, -0.25) is 9.59 Å². The molecule has 2 amide bonds. The van der Waals surface area contributed by atoms with E-state index in [0.29, 0.717) is 19.5 Å². The molecule has 112 valence electrons. The third kappa shape index (κ3) is 10.5. The second kappa shape index (κ2) is 8.15. The molecule has 5 nitrogen and oxygen atoms in total. The smallest absolute Gasteiger partial charge is 0.222 e. The van der Waals surface area contributed by atoms with Crippen molar-refractivity contribution in [3.05, 3.63) is 0 Å². The van der Waals surface area contributed by atoms with Gasteiger partial charge in [-0.05, 0) is 11.8 Å². The van der Waals surface area contributed by atoms with E-state index in [9.17, 15) is 9.59 Å². The summed E-state index contributed by atoms with van der Waals surface area (Å²) >= 11 is 0. The summed E-state index contributed by atoms with van der Waals surface area (Å²) in [4.78, 5) is 22.9. The van der Waals surface area contributed by atoms with Gasteiger partial charge in [0.05, 0.1) is 0 Å². The topological polar surface area (TPSA) is 84.2 Å². The maximum absolute atomic E-state index is 11.6. The van der Waals surface area contributed by atoms with Gasteiger partial charge >= 0.3 is 0 Å². The van der Waals surface area contributed by atoms with Crippen molar-refractivity contribution in [3.8, 4) is 0 Å². The number of hydrogen-bond donors (Lipinski definition) is 3. The van der Waals surface area contributed by atoms with E-state index >= 15 is 0 Å². The fraction of sp³-hybridized carbons (Fsp3) is 0.857.